The monoisotopic (exact) mass is 367 g/mol. The first-order chi connectivity index (χ1) is 11.5. The molecule has 1 amide bonds. The molecular weight excluding hydrogens is 353 g/mol. The number of nitrogens with one attached hydrogen (secondary N) is 1. The van der Waals surface area contributed by atoms with Gasteiger partial charge in [-0.15, -0.1) is 0 Å². The highest BCUT2D eigenvalue weighted by molar-refractivity contribution is 6.35. The van der Waals surface area contributed by atoms with Crippen LogP contribution in [0.2, 0.25) is 10.0 Å². The van der Waals surface area contributed by atoms with Gasteiger partial charge >= 0.3 is 5.97 Å². The molecule has 0 aromatic heterocycles. The lowest BCUT2D eigenvalue weighted by atomic mass is 10.2. The number of amides is 1. The molecule has 0 unspecified atom stereocenters. The molecule has 0 aliphatic heterocycles. The highest BCUT2D eigenvalue weighted by Crippen LogP contribution is 2.25. The van der Waals surface area contributed by atoms with Crippen molar-refractivity contribution in [1.29, 1.82) is 0 Å². The first-order valence-electron chi connectivity index (χ1n) is 7.15. The third-order valence-corrected chi connectivity index (χ3v) is 3.51. The van der Waals surface area contributed by atoms with Crippen molar-refractivity contribution in [1.82, 2.24) is 0 Å². The summed E-state index contributed by atoms with van der Waals surface area (Å²) >= 11 is 11.8. The van der Waals surface area contributed by atoms with Crippen molar-refractivity contribution < 1.29 is 19.1 Å². The van der Waals surface area contributed by atoms with E-state index in [9.17, 15) is 9.59 Å². The summed E-state index contributed by atoms with van der Waals surface area (Å²) in [5.41, 5.74) is 0.605. The molecule has 126 valence electrons. The second-order valence-electron chi connectivity index (χ2n) is 4.68. The number of esters is 1. The number of hydrogen-bond donors (Lipinski definition) is 1. The molecule has 5 nitrogen and oxygen atoms in total. The fourth-order valence-electron chi connectivity index (χ4n) is 1.91. The van der Waals surface area contributed by atoms with Crippen LogP contribution in [0.3, 0.4) is 0 Å². The van der Waals surface area contributed by atoms with Gasteiger partial charge in [0.25, 0.3) is 5.91 Å². The quantitative estimate of drug-likeness (QED) is 0.777. The molecule has 0 radical (unpaired) electrons. The molecule has 7 heteroatoms. The molecule has 0 heterocycles. The standard InChI is InChI=1S/C17H15Cl2NO4/c1-2-23-15-6-4-3-5-12(15)17(22)24-10-16(21)20-14-9-11(18)7-8-13(14)19/h3-9H,2,10H2,1H3,(H,20,21). The Hall–Kier alpha value is -2.24. The number of carbonyl (C=O) groups is 2. The van der Waals surface area contributed by atoms with Gasteiger partial charge in [-0.25, -0.2) is 4.79 Å². The van der Waals surface area contributed by atoms with Gasteiger partial charge in [0.05, 0.1) is 17.3 Å². The molecule has 0 spiro atoms. The number of halogens is 2. The molecule has 1 N–H and O–H groups in total. The highest BCUT2D eigenvalue weighted by Gasteiger charge is 2.15. The maximum absolute atomic E-state index is 12.1. The Bertz CT molecular complexity index is 749. The van der Waals surface area contributed by atoms with Crippen LogP contribution in [-0.2, 0) is 9.53 Å². The summed E-state index contributed by atoms with van der Waals surface area (Å²) in [4.78, 5) is 24.0. The van der Waals surface area contributed by atoms with Crippen LogP contribution < -0.4 is 10.1 Å². The lowest BCUT2D eigenvalue weighted by molar-refractivity contribution is -0.119. The minimum absolute atomic E-state index is 0.257. The molecule has 0 saturated heterocycles. The molecule has 2 aromatic carbocycles. The normalized spacial score (nSPS) is 10.1. The van der Waals surface area contributed by atoms with E-state index in [4.69, 9.17) is 32.7 Å². The van der Waals surface area contributed by atoms with Crippen molar-refractivity contribution in [3.8, 4) is 5.75 Å². The fourth-order valence-corrected chi connectivity index (χ4v) is 2.24. The number of anilines is 1. The molecular formula is C17H15Cl2NO4. The second kappa shape index (κ2) is 8.57. The number of para-hydroxylation sites is 1. The average Bonchev–Trinajstić information content (AvgIpc) is 2.57. The molecule has 0 saturated carbocycles. The van der Waals surface area contributed by atoms with E-state index in [2.05, 4.69) is 5.32 Å². The van der Waals surface area contributed by atoms with Crippen molar-refractivity contribution in [2.75, 3.05) is 18.5 Å². The first kappa shape index (κ1) is 18.1. The van der Waals surface area contributed by atoms with E-state index in [1.54, 1.807) is 36.4 Å². The summed E-state index contributed by atoms with van der Waals surface area (Å²) in [6, 6.07) is 11.3. The molecule has 0 aliphatic rings. The molecule has 2 aromatic rings. The minimum atomic E-state index is -0.647. The molecule has 24 heavy (non-hydrogen) atoms. The number of rotatable bonds is 6. The smallest absolute Gasteiger partial charge is 0.342 e. The number of benzene rings is 2. The Kier molecular flexibility index (Phi) is 6.46. The van der Waals surface area contributed by atoms with Crippen molar-refractivity contribution in [2.24, 2.45) is 0 Å². The Morgan fingerprint density at radius 1 is 1.12 bits per heavy atom. The Morgan fingerprint density at radius 2 is 1.88 bits per heavy atom. The zero-order valence-corrected chi connectivity index (χ0v) is 14.4. The SMILES string of the molecule is CCOc1ccccc1C(=O)OCC(=O)Nc1cc(Cl)ccc1Cl. The number of ether oxygens (including phenoxy) is 2. The maximum Gasteiger partial charge on any atom is 0.342 e. The molecule has 0 atom stereocenters. The topological polar surface area (TPSA) is 64.6 Å². The van der Waals surface area contributed by atoms with Gasteiger partial charge in [-0.2, -0.15) is 0 Å². The van der Waals surface area contributed by atoms with Crippen molar-refractivity contribution in [3.63, 3.8) is 0 Å². The largest absolute Gasteiger partial charge is 0.493 e. The minimum Gasteiger partial charge on any atom is -0.493 e. The van der Waals surface area contributed by atoms with Crippen LogP contribution in [0.5, 0.6) is 5.75 Å². The lowest BCUT2D eigenvalue weighted by Gasteiger charge is -2.10. The summed E-state index contributed by atoms with van der Waals surface area (Å²) in [6.07, 6.45) is 0. The van der Waals surface area contributed by atoms with Gasteiger partial charge in [-0.05, 0) is 37.3 Å². The van der Waals surface area contributed by atoms with Gasteiger partial charge in [-0.1, -0.05) is 35.3 Å². The van der Waals surface area contributed by atoms with E-state index in [1.807, 2.05) is 6.92 Å². The van der Waals surface area contributed by atoms with Gasteiger partial charge in [-0.3, -0.25) is 4.79 Å². The predicted octanol–water partition coefficient (Wildman–Crippen LogP) is 4.19. The Morgan fingerprint density at radius 3 is 2.62 bits per heavy atom. The van der Waals surface area contributed by atoms with Gasteiger partial charge in [0.2, 0.25) is 0 Å². The zero-order valence-electron chi connectivity index (χ0n) is 12.8. The molecule has 0 fully saturated rings. The molecule has 0 bridgehead atoms. The van der Waals surface area contributed by atoms with Crippen LogP contribution in [0.15, 0.2) is 42.5 Å². The van der Waals surface area contributed by atoms with Crippen LogP contribution >= 0.6 is 23.2 Å². The summed E-state index contributed by atoms with van der Waals surface area (Å²) < 4.78 is 10.4. The second-order valence-corrected chi connectivity index (χ2v) is 5.52. The lowest BCUT2D eigenvalue weighted by Crippen LogP contribution is -2.21. The van der Waals surface area contributed by atoms with Crippen LogP contribution in [0.4, 0.5) is 5.69 Å². The third-order valence-electron chi connectivity index (χ3n) is 2.94. The van der Waals surface area contributed by atoms with E-state index >= 15 is 0 Å². The van der Waals surface area contributed by atoms with E-state index < -0.39 is 18.5 Å². The Balaban J connectivity index is 1.96. The van der Waals surface area contributed by atoms with Gasteiger partial charge in [0.15, 0.2) is 6.61 Å². The number of hydrogen-bond acceptors (Lipinski definition) is 4. The molecule has 0 aliphatic carbocycles. The number of carbonyl (C=O) groups excluding carboxylic acids is 2. The van der Waals surface area contributed by atoms with Crippen LogP contribution in [0, 0.1) is 0 Å². The van der Waals surface area contributed by atoms with E-state index in [0.29, 0.717) is 28.1 Å². The van der Waals surface area contributed by atoms with Crippen LogP contribution in [0.25, 0.3) is 0 Å². The van der Waals surface area contributed by atoms with Crippen molar-refractivity contribution in [3.05, 3.63) is 58.1 Å². The van der Waals surface area contributed by atoms with Crippen molar-refractivity contribution >= 4 is 40.8 Å². The molecule has 2 rings (SSSR count). The predicted molar refractivity (Wildman–Crippen MR) is 93.0 cm³/mol. The van der Waals surface area contributed by atoms with Crippen molar-refractivity contribution in [2.45, 2.75) is 6.92 Å². The Labute approximate surface area is 149 Å². The first-order valence-corrected chi connectivity index (χ1v) is 7.90. The summed E-state index contributed by atoms with van der Waals surface area (Å²) in [6.45, 7) is 1.77. The van der Waals surface area contributed by atoms with E-state index in [-0.39, 0.29) is 5.56 Å². The van der Waals surface area contributed by atoms with Crippen LogP contribution in [-0.4, -0.2) is 25.1 Å². The fraction of sp³-hybridized carbons (Fsp3) is 0.176. The van der Waals surface area contributed by atoms with Crippen LogP contribution in [0.1, 0.15) is 17.3 Å². The summed E-state index contributed by atoms with van der Waals surface area (Å²) in [7, 11) is 0. The van der Waals surface area contributed by atoms with E-state index in [1.165, 1.54) is 6.07 Å². The average molecular weight is 368 g/mol. The van der Waals surface area contributed by atoms with Gasteiger partial charge in [0, 0.05) is 5.02 Å². The zero-order chi connectivity index (χ0) is 17.5. The maximum atomic E-state index is 12.1. The summed E-state index contributed by atoms with van der Waals surface area (Å²) in [5, 5.41) is 3.30. The van der Waals surface area contributed by atoms with Gasteiger partial charge < -0.3 is 14.8 Å². The van der Waals surface area contributed by atoms with Gasteiger partial charge in [0.1, 0.15) is 11.3 Å². The summed E-state index contributed by atoms with van der Waals surface area (Å²) in [5.74, 6) is -0.768. The third kappa shape index (κ3) is 4.88. The highest BCUT2D eigenvalue weighted by atomic mass is 35.5. The van der Waals surface area contributed by atoms with E-state index in [0.717, 1.165) is 0 Å².